The Hall–Kier alpha value is -3.58. The van der Waals surface area contributed by atoms with Crippen LogP contribution in [0.1, 0.15) is 21.6 Å². The number of hydrogen-bond acceptors (Lipinski definition) is 5. The molecule has 7 heteroatoms. The zero-order valence-electron chi connectivity index (χ0n) is 15.4. The van der Waals surface area contributed by atoms with Crippen molar-refractivity contribution in [2.75, 3.05) is 12.4 Å². The third-order valence-electron chi connectivity index (χ3n) is 4.49. The van der Waals surface area contributed by atoms with E-state index in [1.54, 1.807) is 36.4 Å². The quantitative estimate of drug-likeness (QED) is 0.561. The van der Waals surface area contributed by atoms with Gasteiger partial charge < -0.3 is 10.1 Å². The second kappa shape index (κ2) is 7.98. The maximum atomic E-state index is 12.8. The summed E-state index contributed by atoms with van der Waals surface area (Å²) >= 11 is 0. The number of hydrogen-bond donors (Lipinski definition) is 1. The van der Waals surface area contributed by atoms with Crippen molar-refractivity contribution in [3.8, 4) is 0 Å². The molecule has 0 bridgehead atoms. The van der Waals surface area contributed by atoms with E-state index in [4.69, 9.17) is 4.74 Å². The first-order chi connectivity index (χ1) is 13.8. The van der Waals surface area contributed by atoms with E-state index in [9.17, 15) is 4.79 Å². The molecule has 0 aliphatic carbocycles. The number of benzene rings is 2. The summed E-state index contributed by atoms with van der Waals surface area (Å²) in [5, 5.41) is 12.9. The molecule has 0 aliphatic rings. The Morgan fingerprint density at radius 1 is 1.07 bits per heavy atom. The third-order valence-corrected chi connectivity index (χ3v) is 4.49. The SMILES string of the molecule is COCc1cnnn1Cc1ccc(C(=O)Nc2cccnc2)c2ccccc12. The number of fused-ring (bicyclic) bond motifs is 1. The predicted molar refractivity (Wildman–Crippen MR) is 106 cm³/mol. The number of carbonyl (C=O) groups excluding carboxylic acids is 1. The van der Waals surface area contributed by atoms with Gasteiger partial charge in [0.15, 0.2) is 0 Å². The van der Waals surface area contributed by atoms with Crippen LogP contribution in [0.15, 0.2) is 67.1 Å². The van der Waals surface area contributed by atoms with Gasteiger partial charge in [-0.1, -0.05) is 35.5 Å². The molecule has 0 saturated carbocycles. The fraction of sp³-hybridized carbons (Fsp3) is 0.143. The van der Waals surface area contributed by atoms with Gasteiger partial charge in [0.25, 0.3) is 5.91 Å². The van der Waals surface area contributed by atoms with Crippen LogP contribution in [0.4, 0.5) is 5.69 Å². The molecule has 140 valence electrons. The Bertz CT molecular complexity index is 1110. The molecule has 0 unspecified atom stereocenters. The highest BCUT2D eigenvalue weighted by atomic mass is 16.5. The van der Waals surface area contributed by atoms with Crippen LogP contribution in [0.3, 0.4) is 0 Å². The number of rotatable bonds is 6. The molecule has 4 aromatic rings. The predicted octanol–water partition coefficient (Wildman–Crippen LogP) is 3.27. The molecule has 7 nitrogen and oxygen atoms in total. The van der Waals surface area contributed by atoms with Crippen LogP contribution < -0.4 is 5.32 Å². The molecule has 0 fully saturated rings. The van der Waals surface area contributed by atoms with Crippen LogP contribution in [0.25, 0.3) is 10.8 Å². The smallest absolute Gasteiger partial charge is 0.256 e. The van der Waals surface area contributed by atoms with Gasteiger partial charge in [0.05, 0.1) is 36.9 Å². The van der Waals surface area contributed by atoms with Gasteiger partial charge in [0.2, 0.25) is 0 Å². The number of aromatic nitrogens is 4. The van der Waals surface area contributed by atoms with Gasteiger partial charge in [-0.25, -0.2) is 4.68 Å². The molecule has 0 aliphatic heterocycles. The lowest BCUT2D eigenvalue weighted by molar-refractivity contribution is 0.102. The fourth-order valence-corrected chi connectivity index (χ4v) is 3.17. The first kappa shape index (κ1) is 17.8. The number of pyridine rings is 1. The van der Waals surface area contributed by atoms with Gasteiger partial charge in [-0.15, -0.1) is 5.10 Å². The van der Waals surface area contributed by atoms with Crippen molar-refractivity contribution in [1.82, 2.24) is 20.0 Å². The molecule has 28 heavy (non-hydrogen) atoms. The number of amides is 1. The van der Waals surface area contributed by atoms with E-state index < -0.39 is 0 Å². The maximum absolute atomic E-state index is 12.8. The van der Waals surface area contributed by atoms with E-state index in [0.717, 1.165) is 22.0 Å². The van der Waals surface area contributed by atoms with Crippen molar-refractivity contribution in [3.63, 3.8) is 0 Å². The first-order valence-electron chi connectivity index (χ1n) is 8.84. The molecule has 0 radical (unpaired) electrons. The third kappa shape index (κ3) is 3.60. The molecule has 1 amide bonds. The molecule has 0 spiro atoms. The fourth-order valence-electron chi connectivity index (χ4n) is 3.17. The second-order valence-electron chi connectivity index (χ2n) is 6.33. The summed E-state index contributed by atoms with van der Waals surface area (Å²) in [4.78, 5) is 16.8. The zero-order chi connectivity index (χ0) is 19.3. The van der Waals surface area contributed by atoms with Gasteiger partial charge in [0, 0.05) is 18.9 Å². The number of methoxy groups -OCH3 is 1. The van der Waals surface area contributed by atoms with E-state index in [0.29, 0.717) is 24.4 Å². The molecule has 2 aromatic carbocycles. The Balaban J connectivity index is 1.69. The van der Waals surface area contributed by atoms with Gasteiger partial charge in [-0.3, -0.25) is 9.78 Å². The Morgan fingerprint density at radius 3 is 2.71 bits per heavy atom. The highest BCUT2D eigenvalue weighted by Gasteiger charge is 2.14. The topological polar surface area (TPSA) is 81.9 Å². The lowest BCUT2D eigenvalue weighted by Gasteiger charge is -2.12. The van der Waals surface area contributed by atoms with Gasteiger partial charge in [0.1, 0.15) is 0 Å². The molecular weight excluding hydrogens is 354 g/mol. The van der Waals surface area contributed by atoms with Crippen LogP contribution in [0.2, 0.25) is 0 Å². The average Bonchev–Trinajstić information content (AvgIpc) is 3.16. The number of nitrogens with one attached hydrogen (secondary N) is 1. The molecule has 0 saturated heterocycles. The monoisotopic (exact) mass is 373 g/mol. The van der Waals surface area contributed by atoms with Crippen LogP contribution in [0.5, 0.6) is 0 Å². The standard InChI is InChI=1S/C21H19N5O2/c1-28-14-17-12-23-25-26(17)13-15-8-9-20(19-7-3-2-6-18(15)19)21(27)24-16-5-4-10-22-11-16/h2-12H,13-14H2,1H3,(H,24,27). The Morgan fingerprint density at radius 2 is 1.93 bits per heavy atom. The number of anilines is 1. The van der Waals surface area contributed by atoms with Crippen molar-refractivity contribution in [1.29, 1.82) is 0 Å². The van der Waals surface area contributed by atoms with Crippen molar-refractivity contribution < 1.29 is 9.53 Å². The van der Waals surface area contributed by atoms with Crippen LogP contribution in [-0.2, 0) is 17.9 Å². The largest absolute Gasteiger partial charge is 0.378 e. The molecule has 4 rings (SSSR count). The molecule has 1 N–H and O–H groups in total. The average molecular weight is 373 g/mol. The lowest BCUT2D eigenvalue weighted by Crippen LogP contribution is -2.13. The van der Waals surface area contributed by atoms with Crippen molar-refractivity contribution >= 4 is 22.4 Å². The minimum atomic E-state index is -0.170. The molecule has 2 heterocycles. The van der Waals surface area contributed by atoms with E-state index in [-0.39, 0.29) is 5.91 Å². The number of carbonyl (C=O) groups is 1. The van der Waals surface area contributed by atoms with Crippen LogP contribution in [0, 0.1) is 0 Å². The molecule has 0 atom stereocenters. The van der Waals surface area contributed by atoms with Crippen molar-refractivity contribution in [2.45, 2.75) is 13.2 Å². The number of ether oxygens (including phenoxy) is 1. The van der Waals surface area contributed by atoms with E-state index in [1.165, 1.54) is 0 Å². The summed E-state index contributed by atoms with van der Waals surface area (Å²) in [7, 11) is 1.64. The van der Waals surface area contributed by atoms with Crippen molar-refractivity contribution in [3.05, 3.63) is 83.9 Å². The van der Waals surface area contributed by atoms with Crippen LogP contribution in [-0.4, -0.2) is 33.0 Å². The Kier molecular flexibility index (Phi) is 5.07. The van der Waals surface area contributed by atoms with Crippen molar-refractivity contribution in [2.24, 2.45) is 0 Å². The van der Waals surface area contributed by atoms with Crippen LogP contribution >= 0.6 is 0 Å². The minimum Gasteiger partial charge on any atom is -0.378 e. The summed E-state index contributed by atoms with van der Waals surface area (Å²) in [6.07, 6.45) is 4.99. The zero-order valence-corrected chi connectivity index (χ0v) is 15.4. The normalized spacial score (nSPS) is 10.9. The maximum Gasteiger partial charge on any atom is 0.256 e. The summed E-state index contributed by atoms with van der Waals surface area (Å²) in [5.74, 6) is -0.170. The van der Waals surface area contributed by atoms with Gasteiger partial charge in [-0.2, -0.15) is 0 Å². The molecule has 2 aromatic heterocycles. The van der Waals surface area contributed by atoms with Gasteiger partial charge in [-0.05, 0) is 34.5 Å². The van der Waals surface area contributed by atoms with E-state index in [1.807, 2.05) is 42.5 Å². The summed E-state index contributed by atoms with van der Waals surface area (Å²) in [6, 6.07) is 15.3. The number of nitrogens with zero attached hydrogens (tertiary/aromatic N) is 4. The van der Waals surface area contributed by atoms with Gasteiger partial charge >= 0.3 is 0 Å². The summed E-state index contributed by atoms with van der Waals surface area (Å²) in [5.41, 5.74) is 3.22. The summed E-state index contributed by atoms with van der Waals surface area (Å²) < 4.78 is 7.01. The highest BCUT2D eigenvalue weighted by molar-refractivity contribution is 6.13. The highest BCUT2D eigenvalue weighted by Crippen LogP contribution is 2.25. The first-order valence-corrected chi connectivity index (χ1v) is 8.84. The summed E-state index contributed by atoms with van der Waals surface area (Å²) in [6.45, 7) is 0.986. The van der Waals surface area contributed by atoms with E-state index >= 15 is 0 Å². The molecular formula is C21H19N5O2. The lowest BCUT2D eigenvalue weighted by atomic mass is 9.99. The Labute approximate surface area is 162 Å². The van der Waals surface area contributed by atoms with E-state index in [2.05, 4.69) is 20.6 Å². The minimum absolute atomic E-state index is 0.170. The second-order valence-corrected chi connectivity index (χ2v) is 6.33.